The maximum absolute atomic E-state index is 11.6. The van der Waals surface area contributed by atoms with Crippen molar-refractivity contribution in [3.05, 3.63) is 28.1 Å². The topological polar surface area (TPSA) is 125 Å². The van der Waals surface area contributed by atoms with Gasteiger partial charge in [0.2, 0.25) is 0 Å². The highest BCUT2D eigenvalue weighted by Gasteiger charge is 2.21. The molecule has 0 spiro atoms. The second kappa shape index (κ2) is 5.49. The summed E-state index contributed by atoms with van der Waals surface area (Å²) in [6, 6.07) is -0.228. The number of carboxylic acids is 1. The highest BCUT2D eigenvalue weighted by molar-refractivity contribution is 5.95. The van der Waals surface area contributed by atoms with Crippen LogP contribution in [0.15, 0.2) is 12.3 Å². The first kappa shape index (κ1) is 13.2. The summed E-state index contributed by atoms with van der Waals surface area (Å²) in [6.07, 6.45) is 5.82. The molecule has 0 aliphatic carbocycles. The minimum atomic E-state index is -1.28. The van der Waals surface area contributed by atoms with Crippen molar-refractivity contribution < 1.29 is 19.6 Å². The molecule has 1 heterocycles. The number of rotatable bonds is 5. The van der Waals surface area contributed by atoms with E-state index in [0.717, 1.165) is 12.3 Å². The molecule has 8 nitrogen and oxygen atoms in total. The molecule has 3 N–H and O–H groups in total. The number of H-pyrrole nitrogens is 1. The Morgan fingerprint density at radius 2 is 2.33 bits per heavy atom. The molecule has 8 heteroatoms. The molecule has 0 saturated carbocycles. The van der Waals surface area contributed by atoms with Crippen molar-refractivity contribution in [1.29, 1.82) is 0 Å². The van der Waals surface area contributed by atoms with E-state index in [1.165, 1.54) is 0 Å². The maximum Gasteiger partial charge on any atom is 0.327 e. The van der Waals surface area contributed by atoms with Gasteiger partial charge in [-0.25, -0.2) is 4.79 Å². The number of carbonyl (C=O) groups is 2. The van der Waals surface area contributed by atoms with E-state index in [0.29, 0.717) is 0 Å². The van der Waals surface area contributed by atoms with Gasteiger partial charge in [0.25, 0.3) is 11.6 Å². The average Bonchev–Trinajstić information content (AvgIpc) is 2.77. The molecule has 0 bridgehead atoms. The number of hydrogen-bond acceptors (Lipinski definition) is 4. The quantitative estimate of drug-likeness (QED) is 0.389. The van der Waals surface area contributed by atoms with Crippen LogP contribution in [-0.4, -0.2) is 32.9 Å². The Balaban J connectivity index is 2.77. The molecule has 0 aliphatic heterocycles. The number of amides is 1. The summed E-state index contributed by atoms with van der Waals surface area (Å²) < 4.78 is 0. The van der Waals surface area contributed by atoms with Crippen molar-refractivity contribution >= 4 is 17.6 Å². The van der Waals surface area contributed by atoms with E-state index in [4.69, 9.17) is 11.5 Å². The molecule has 1 rings (SSSR count). The lowest BCUT2D eigenvalue weighted by Crippen LogP contribution is -2.40. The van der Waals surface area contributed by atoms with Crippen LogP contribution in [0, 0.1) is 22.5 Å². The van der Waals surface area contributed by atoms with Gasteiger partial charge in [-0.3, -0.25) is 14.9 Å². The van der Waals surface area contributed by atoms with Crippen molar-refractivity contribution in [2.75, 3.05) is 0 Å². The van der Waals surface area contributed by atoms with Crippen molar-refractivity contribution in [2.45, 2.75) is 12.5 Å². The minimum absolute atomic E-state index is 0.107. The lowest BCUT2D eigenvalue weighted by Gasteiger charge is -2.10. The molecular formula is C10H9N3O5. The zero-order valence-corrected chi connectivity index (χ0v) is 9.04. The Morgan fingerprint density at radius 3 is 2.78 bits per heavy atom. The van der Waals surface area contributed by atoms with Crippen LogP contribution in [0.2, 0.25) is 0 Å². The van der Waals surface area contributed by atoms with E-state index < -0.39 is 22.8 Å². The van der Waals surface area contributed by atoms with E-state index in [2.05, 4.69) is 16.2 Å². The van der Waals surface area contributed by atoms with Gasteiger partial charge < -0.3 is 15.4 Å². The molecule has 0 aliphatic rings. The number of aliphatic carboxylic acids is 1. The molecule has 1 unspecified atom stereocenters. The fourth-order valence-electron chi connectivity index (χ4n) is 1.17. The SMILES string of the molecule is C#CCC(NC(=O)c1cc([N+](=O)[O-])c[nH]1)C(=O)O. The van der Waals surface area contributed by atoms with Crippen LogP contribution in [0.5, 0.6) is 0 Å². The van der Waals surface area contributed by atoms with Gasteiger partial charge in [0, 0.05) is 12.5 Å². The van der Waals surface area contributed by atoms with Crippen LogP contribution in [0.3, 0.4) is 0 Å². The normalized spacial score (nSPS) is 11.3. The standard InChI is InChI=1S/C10H9N3O5/c1-2-3-7(10(15)16)12-9(14)8-4-6(5-11-8)13(17)18/h1,4-5,7,11H,3H2,(H,12,14)(H,15,16). The summed E-state index contributed by atoms with van der Waals surface area (Å²) in [7, 11) is 0. The summed E-state index contributed by atoms with van der Waals surface area (Å²) in [4.78, 5) is 34.4. The smallest absolute Gasteiger partial charge is 0.327 e. The summed E-state index contributed by atoms with van der Waals surface area (Å²) in [5.41, 5.74) is -0.394. The Morgan fingerprint density at radius 1 is 1.67 bits per heavy atom. The van der Waals surface area contributed by atoms with E-state index in [1.807, 2.05) is 0 Å². The molecule has 0 radical (unpaired) electrons. The Kier molecular flexibility index (Phi) is 4.04. The lowest BCUT2D eigenvalue weighted by molar-refractivity contribution is -0.384. The first-order valence-electron chi connectivity index (χ1n) is 4.75. The van der Waals surface area contributed by atoms with Gasteiger partial charge in [-0.05, 0) is 0 Å². The Labute approximate surface area is 101 Å². The zero-order chi connectivity index (χ0) is 13.7. The number of nitro groups is 1. The van der Waals surface area contributed by atoms with Crippen LogP contribution < -0.4 is 5.32 Å². The average molecular weight is 251 g/mol. The molecule has 1 aromatic heterocycles. The number of nitrogens with zero attached hydrogens (tertiary/aromatic N) is 1. The molecule has 0 fully saturated rings. The third-order valence-electron chi connectivity index (χ3n) is 2.05. The van der Waals surface area contributed by atoms with Crippen molar-refractivity contribution in [1.82, 2.24) is 10.3 Å². The second-order valence-electron chi connectivity index (χ2n) is 3.30. The number of carbonyl (C=O) groups excluding carboxylic acids is 1. The number of aromatic amines is 1. The predicted molar refractivity (Wildman–Crippen MR) is 59.8 cm³/mol. The van der Waals surface area contributed by atoms with E-state index in [-0.39, 0.29) is 17.8 Å². The van der Waals surface area contributed by atoms with Crippen LogP contribution >= 0.6 is 0 Å². The van der Waals surface area contributed by atoms with Gasteiger partial charge in [-0.2, -0.15) is 0 Å². The van der Waals surface area contributed by atoms with E-state index in [9.17, 15) is 19.7 Å². The highest BCUT2D eigenvalue weighted by atomic mass is 16.6. The van der Waals surface area contributed by atoms with E-state index >= 15 is 0 Å². The van der Waals surface area contributed by atoms with Gasteiger partial charge >= 0.3 is 5.97 Å². The monoisotopic (exact) mass is 251 g/mol. The van der Waals surface area contributed by atoms with Crippen molar-refractivity contribution in [3.63, 3.8) is 0 Å². The molecule has 1 atom stereocenters. The molecule has 94 valence electrons. The third-order valence-corrected chi connectivity index (χ3v) is 2.05. The number of hydrogen-bond donors (Lipinski definition) is 3. The van der Waals surface area contributed by atoms with E-state index in [1.54, 1.807) is 0 Å². The summed E-state index contributed by atoms with van der Waals surface area (Å²) in [5, 5.41) is 21.3. The number of nitrogens with one attached hydrogen (secondary N) is 2. The fraction of sp³-hybridized carbons (Fsp3) is 0.200. The molecule has 18 heavy (non-hydrogen) atoms. The molecule has 1 amide bonds. The Hall–Kier alpha value is -2.82. The molecular weight excluding hydrogens is 242 g/mol. The van der Waals surface area contributed by atoms with Crippen molar-refractivity contribution in [2.24, 2.45) is 0 Å². The third kappa shape index (κ3) is 3.08. The van der Waals surface area contributed by atoms with Crippen LogP contribution in [-0.2, 0) is 4.79 Å². The van der Waals surface area contributed by atoms with Crippen LogP contribution in [0.1, 0.15) is 16.9 Å². The van der Waals surface area contributed by atoms with Crippen LogP contribution in [0.4, 0.5) is 5.69 Å². The molecule has 1 aromatic rings. The van der Waals surface area contributed by atoms with Crippen molar-refractivity contribution in [3.8, 4) is 12.3 Å². The van der Waals surface area contributed by atoms with Gasteiger partial charge in [0.05, 0.1) is 11.1 Å². The highest BCUT2D eigenvalue weighted by Crippen LogP contribution is 2.12. The zero-order valence-electron chi connectivity index (χ0n) is 9.04. The first-order chi connectivity index (χ1) is 8.45. The predicted octanol–water partition coefficient (Wildman–Crippen LogP) is 0.129. The maximum atomic E-state index is 11.6. The van der Waals surface area contributed by atoms with Gasteiger partial charge in [0.15, 0.2) is 0 Å². The molecule has 0 aromatic carbocycles. The summed E-state index contributed by atoms with van der Waals surface area (Å²) in [5.74, 6) is 0.0674. The summed E-state index contributed by atoms with van der Waals surface area (Å²) in [6.45, 7) is 0. The summed E-state index contributed by atoms with van der Waals surface area (Å²) >= 11 is 0. The van der Waals surface area contributed by atoms with Gasteiger partial charge in [0.1, 0.15) is 11.7 Å². The number of carboxylic acid groups (broad SMARTS) is 1. The Bertz CT molecular complexity index is 528. The first-order valence-corrected chi connectivity index (χ1v) is 4.75. The number of terminal acetylenes is 1. The second-order valence-corrected chi connectivity index (χ2v) is 3.30. The van der Waals surface area contributed by atoms with Gasteiger partial charge in [-0.15, -0.1) is 12.3 Å². The molecule has 0 saturated heterocycles. The largest absolute Gasteiger partial charge is 0.480 e. The fourth-order valence-corrected chi connectivity index (χ4v) is 1.17. The van der Waals surface area contributed by atoms with Gasteiger partial charge in [-0.1, -0.05) is 0 Å². The lowest BCUT2D eigenvalue weighted by atomic mass is 10.2. The number of aromatic nitrogens is 1. The van der Waals surface area contributed by atoms with Crippen LogP contribution in [0.25, 0.3) is 0 Å². The minimum Gasteiger partial charge on any atom is -0.480 e.